The minimum absolute atomic E-state index is 0.0391. The molecule has 1 fully saturated rings. The van der Waals surface area contributed by atoms with Gasteiger partial charge in [0.1, 0.15) is 17.5 Å². The first kappa shape index (κ1) is 17.8. The van der Waals surface area contributed by atoms with Gasteiger partial charge in [0, 0.05) is 22.8 Å². The molecule has 1 heterocycles. The molecule has 0 unspecified atom stereocenters. The van der Waals surface area contributed by atoms with E-state index in [4.69, 9.17) is 0 Å². The Morgan fingerprint density at radius 3 is 2.10 bits per heavy atom. The number of phenols is 2. The number of rotatable bonds is 3. The molecule has 3 aromatic carbocycles. The van der Waals surface area contributed by atoms with Gasteiger partial charge in [-0.1, -0.05) is 48.5 Å². The van der Waals surface area contributed by atoms with Crippen molar-refractivity contribution in [2.45, 2.75) is 6.04 Å². The second-order valence-corrected chi connectivity index (χ2v) is 7.71. The highest BCUT2D eigenvalue weighted by molar-refractivity contribution is 5.83. The van der Waals surface area contributed by atoms with Crippen molar-refractivity contribution in [1.29, 1.82) is 0 Å². The van der Waals surface area contributed by atoms with Crippen LogP contribution >= 0.6 is 0 Å². The van der Waals surface area contributed by atoms with Gasteiger partial charge in [0.2, 0.25) is 0 Å². The zero-order valence-corrected chi connectivity index (χ0v) is 16.1. The molecule has 29 heavy (non-hydrogen) atoms. The normalized spacial score (nSPS) is 16.9. The number of aromatic hydroxyl groups is 2. The molecule has 0 saturated carbocycles. The zero-order chi connectivity index (χ0) is 19.8. The van der Waals surface area contributed by atoms with Crippen LogP contribution in [0.15, 0.2) is 71.8 Å². The van der Waals surface area contributed by atoms with E-state index in [-0.39, 0.29) is 11.5 Å². The second kappa shape index (κ2) is 7.26. The van der Waals surface area contributed by atoms with Gasteiger partial charge in [-0.15, -0.1) is 0 Å². The third-order valence-electron chi connectivity index (χ3n) is 6.00. The summed E-state index contributed by atoms with van der Waals surface area (Å²) in [5.41, 5.74) is 6.19. The van der Waals surface area contributed by atoms with Crippen molar-refractivity contribution in [3.63, 3.8) is 0 Å². The Labute approximate surface area is 170 Å². The first-order valence-electron chi connectivity index (χ1n) is 10.0. The number of piperazine rings is 1. The zero-order valence-electron chi connectivity index (χ0n) is 16.1. The van der Waals surface area contributed by atoms with Gasteiger partial charge < -0.3 is 15.1 Å². The van der Waals surface area contributed by atoms with Crippen LogP contribution < -0.4 is 4.90 Å². The maximum atomic E-state index is 9.92. The van der Waals surface area contributed by atoms with Crippen molar-refractivity contribution in [2.24, 2.45) is 5.10 Å². The summed E-state index contributed by atoms with van der Waals surface area (Å²) in [5, 5.41) is 25.9. The Balaban J connectivity index is 1.32. The average molecular weight is 386 g/mol. The van der Waals surface area contributed by atoms with Crippen LogP contribution in [0.5, 0.6) is 11.5 Å². The molecular formula is C24H24N3O2+. The lowest BCUT2D eigenvalue weighted by Gasteiger charge is -2.34. The summed E-state index contributed by atoms with van der Waals surface area (Å²) in [4.78, 5) is 1.57. The fourth-order valence-corrected chi connectivity index (χ4v) is 4.57. The van der Waals surface area contributed by atoms with E-state index < -0.39 is 0 Å². The predicted octanol–water partition coefficient (Wildman–Crippen LogP) is 2.40. The van der Waals surface area contributed by atoms with E-state index in [2.05, 4.69) is 58.6 Å². The van der Waals surface area contributed by atoms with E-state index in [1.807, 2.05) is 0 Å². The molecule has 0 radical (unpaired) electrons. The highest BCUT2D eigenvalue weighted by Gasteiger charge is 2.37. The molecule has 3 aromatic rings. The molecule has 5 rings (SSSR count). The minimum Gasteiger partial charge on any atom is -0.508 e. The van der Waals surface area contributed by atoms with Crippen LogP contribution in [0.25, 0.3) is 11.1 Å². The molecule has 1 aliphatic carbocycles. The van der Waals surface area contributed by atoms with Crippen LogP contribution in [0.2, 0.25) is 0 Å². The van der Waals surface area contributed by atoms with Crippen molar-refractivity contribution in [1.82, 2.24) is 5.01 Å². The Bertz CT molecular complexity index is 1030. The summed E-state index contributed by atoms with van der Waals surface area (Å²) in [6, 6.07) is 22.5. The smallest absolute Gasteiger partial charge is 0.140 e. The van der Waals surface area contributed by atoms with Crippen LogP contribution in [0.4, 0.5) is 0 Å². The van der Waals surface area contributed by atoms with Crippen molar-refractivity contribution >= 4 is 6.21 Å². The highest BCUT2D eigenvalue weighted by Crippen LogP contribution is 2.41. The average Bonchev–Trinajstić information content (AvgIpc) is 3.08. The molecule has 0 bridgehead atoms. The summed E-state index contributed by atoms with van der Waals surface area (Å²) >= 11 is 0. The molecule has 0 spiro atoms. The van der Waals surface area contributed by atoms with E-state index in [1.54, 1.807) is 23.2 Å². The van der Waals surface area contributed by atoms with Crippen LogP contribution in [-0.4, -0.2) is 47.6 Å². The fourth-order valence-electron chi connectivity index (χ4n) is 4.57. The first-order chi connectivity index (χ1) is 14.2. The molecular weight excluding hydrogens is 362 g/mol. The van der Waals surface area contributed by atoms with Crippen LogP contribution in [0, 0.1) is 0 Å². The molecule has 1 aliphatic heterocycles. The topological polar surface area (TPSA) is 60.5 Å². The number of benzene rings is 3. The van der Waals surface area contributed by atoms with Crippen molar-refractivity contribution in [3.8, 4) is 22.6 Å². The van der Waals surface area contributed by atoms with Crippen molar-refractivity contribution < 1.29 is 15.1 Å². The lowest BCUT2D eigenvalue weighted by Crippen LogP contribution is -3.14. The molecule has 2 aliphatic rings. The fraction of sp³-hybridized carbons (Fsp3) is 0.208. The summed E-state index contributed by atoms with van der Waals surface area (Å²) < 4.78 is 0. The van der Waals surface area contributed by atoms with E-state index >= 15 is 0 Å². The number of phenolic OH excluding ortho intramolecular Hbond substituents is 2. The van der Waals surface area contributed by atoms with Gasteiger partial charge in [-0.05, 0) is 23.3 Å². The molecule has 5 heteroatoms. The molecule has 5 nitrogen and oxygen atoms in total. The number of quaternary nitrogens is 1. The Kier molecular flexibility index (Phi) is 4.45. The van der Waals surface area contributed by atoms with Gasteiger partial charge in [0.05, 0.1) is 32.4 Å². The standard InChI is InChI=1S/C24H23N3O2/c28-18-10-9-17(23(29)15-18)16-25-27-13-11-26(12-14-27)24-21-7-3-1-5-19(21)20-6-2-4-8-22(20)24/h1-10,15-16,24,28-29H,11-14H2/p+1/b25-16+. The number of hydrogen-bond donors (Lipinski definition) is 3. The van der Waals surface area contributed by atoms with E-state index in [0.717, 1.165) is 26.2 Å². The van der Waals surface area contributed by atoms with E-state index in [1.165, 1.54) is 28.3 Å². The van der Waals surface area contributed by atoms with Gasteiger partial charge in [0.25, 0.3) is 0 Å². The van der Waals surface area contributed by atoms with E-state index in [9.17, 15) is 10.2 Å². The second-order valence-electron chi connectivity index (χ2n) is 7.71. The third-order valence-corrected chi connectivity index (χ3v) is 6.00. The minimum atomic E-state index is 0.0391. The van der Waals surface area contributed by atoms with Crippen molar-refractivity contribution in [2.75, 3.05) is 26.2 Å². The molecule has 3 N–H and O–H groups in total. The van der Waals surface area contributed by atoms with Gasteiger partial charge in [-0.25, -0.2) is 0 Å². The number of hydrazone groups is 1. The van der Waals surface area contributed by atoms with Crippen LogP contribution in [-0.2, 0) is 0 Å². The number of nitrogens with one attached hydrogen (secondary N) is 1. The van der Waals surface area contributed by atoms with Gasteiger partial charge >= 0.3 is 0 Å². The number of hydrogen-bond acceptors (Lipinski definition) is 4. The van der Waals surface area contributed by atoms with Gasteiger partial charge in [-0.2, -0.15) is 5.10 Å². The maximum Gasteiger partial charge on any atom is 0.140 e. The SMILES string of the molecule is Oc1ccc(/C=N/N2CC[NH+](C3c4ccccc4-c4ccccc43)CC2)c(O)c1. The Hall–Kier alpha value is -3.31. The molecule has 146 valence electrons. The van der Waals surface area contributed by atoms with Crippen LogP contribution in [0.1, 0.15) is 22.7 Å². The summed E-state index contributed by atoms with van der Waals surface area (Å²) in [6.07, 6.45) is 1.67. The summed E-state index contributed by atoms with van der Waals surface area (Å²) in [5.74, 6) is 0.0890. The third kappa shape index (κ3) is 3.23. The monoisotopic (exact) mass is 386 g/mol. The largest absolute Gasteiger partial charge is 0.508 e. The maximum absolute atomic E-state index is 9.92. The molecule has 1 saturated heterocycles. The lowest BCUT2D eigenvalue weighted by molar-refractivity contribution is -0.929. The quantitative estimate of drug-likeness (QED) is 0.606. The molecule has 0 aromatic heterocycles. The number of nitrogens with zero attached hydrogens (tertiary/aromatic N) is 2. The summed E-state index contributed by atoms with van der Waals surface area (Å²) in [7, 11) is 0. The predicted molar refractivity (Wildman–Crippen MR) is 113 cm³/mol. The summed E-state index contributed by atoms with van der Waals surface area (Å²) in [6.45, 7) is 3.75. The lowest BCUT2D eigenvalue weighted by atomic mass is 10.0. The van der Waals surface area contributed by atoms with Crippen molar-refractivity contribution in [3.05, 3.63) is 83.4 Å². The van der Waals surface area contributed by atoms with E-state index in [0.29, 0.717) is 11.6 Å². The Morgan fingerprint density at radius 1 is 0.862 bits per heavy atom. The van der Waals surface area contributed by atoms with Crippen LogP contribution in [0.3, 0.4) is 0 Å². The molecule has 0 atom stereocenters. The highest BCUT2D eigenvalue weighted by atomic mass is 16.3. The van der Waals surface area contributed by atoms with Gasteiger partial charge in [0.15, 0.2) is 0 Å². The molecule has 0 amide bonds. The first-order valence-corrected chi connectivity index (χ1v) is 10.0. The number of fused-ring (bicyclic) bond motifs is 3. The Morgan fingerprint density at radius 2 is 1.48 bits per heavy atom. The van der Waals surface area contributed by atoms with Gasteiger partial charge in [-0.3, -0.25) is 5.01 Å².